The van der Waals surface area contributed by atoms with E-state index in [9.17, 15) is 17.6 Å². The summed E-state index contributed by atoms with van der Waals surface area (Å²) in [5.41, 5.74) is 30.9. The molecule has 0 aliphatic heterocycles. The van der Waals surface area contributed by atoms with Gasteiger partial charge in [-0.3, -0.25) is 0 Å². The van der Waals surface area contributed by atoms with Gasteiger partial charge < -0.3 is 39.5 Å². The van der Waals surface area contributed by atoms with E-state index < -0.39 is 11.7 Å². The number of anilines is 8. The Morgan fingerprint density at radius 2 is 0.455 bits per heavy atom. The van der Waals surface area contributed by atoms with Gasteiger partial charge in [0.05, 0.1) is 49.7 Å². The molecule has 0 unspecified atom stereocenters. The topological polar surface area (TPSA) is 67.8 Å². The van der Waals surface area contributed by atoms with Gasteiger partial charge in [-0.2, -0.15) is 13.2 Å². The Labute approximate surface area is 773 Å². The molecule has 0 aliphatic carbocycles. The van der Waals surface area contributed by atoms with Gasteiger partial charge in [0.25, 0.3) is 0 Å². The molecule has 0 atom stereocenters. The molecule has 0 amide bonds. The summed E-state index contributed by atoms with van der Waals surface area (Å²) in [5, 5.41) is 22.2. The molecule has 12 heteroatoms. The lowest BCUT2D eigenvalue weighted by Gasteiger charge is -2.13. The minimum atomic E-state index is -4.41. The first-order valence-corrected chi connectivity index (χ1v) is 44.8. The van der Waals surface area contributed by atoms with Crippen LogP contribution in [0.25, 0.3) is 154 Å². The summed E-state index contributed by atoms with van der Waals surface area (Å²) in [6, 6.07) is 166. The quantitative estimate of drug-likeness (QED) is 0.0728. The van der Waals surface area contributed by atoms with Crippen LogP contribution >= 0.6 is 0 Å². The Bertz CT molecular complexity index is 8050. The molecule has 24 aromatic rings. The Morgan fingerprint density at radius 1 is 0.194 bits per heavy atom. The second-order valence-corrected chi connectivity index (χ2v) is 33.3. The van der Waals surface area contributed by atoms with Gasteiger partial charge in [0.15, 0.2) is 0 Å². The molecule has 20 aromatic carbocycles. The molecule has 0 fully saturated rings. The number of halogens is 4. The maximum atomic E-state index is 14.2. The van der Waals surface area contributed by atoms with Crippen molar-refractivity contribution in [2.45, 2.75) is 13.1 Å². The summed E-state index contributed by atoms with van der Waals surface area (Å²) in [5.74, 6) is -0.226. The number of aryl methyl sites for hydroxylation is 1. The third kappa shape index (κ3) is 17.4. The first-order chi connectivity index (χ1) is 65.9. The zero-order valence-electron chi connectivity index (χ0n) is 73.1. The van der Waals surface area contributed by atoms with Crippen LogP contribution in [0.3, 0.4) is 0 Å². The van der Waals surface area contributed by atoms with Crippen LogP contribution in [-0.2, 0) is 6.18 Å². The van der Waals surface area contributed by atoms with Gasteiger partial charge in [-0.1, -0.05) is 254 Å². The highest BCUT2D eigenvalue weighted by Crippen LogP contribution is 2.44. The molecule has 0 saturated heterocycles. The number of fused-ring (bicyclic) bond motifs is 12. The fourth-order valence-corrected chi connectivity index (χ4v) is 18.3. The van der Waals surface area contributed by atoms with Gasteiger partial charge >= 0.3 is 6.18 Å². The van der Waals surface area contributed by atoms with E-state index in [1.807, 2.05) is 187 Å². The predicted octanol–water partition coefficient (Wildman–Crippen LogP) is 34.2. The maximum absolute atomic E-state index is 14.2. The monoisotopic (exact) mass is 1740 g/mol. The van der Waals surface area contributed by atoms with Gasteiger partial charge in [-0.25, -0.2) is 4.39 Å². The smallest absolute Gasteiger partial charge is 0.356 e. The molecular weight excluding hydrogens is 1650 g/mol. The lowest BCUT2D eigenvalue weighted by atomic mass is 10.0. The molecule has 0 spiro atoms. The van der Waals surface area contributed by atoms with E-state index in [0.29, 0.717) is 5.39 Å². The van der Waals surface area contributed by atoms with Crippen LogP contribution in [0, 0.1) is 12.7 Å². The summed E-state index contributed by atoms with van der Waals surface area (Å²) in [6.45, 7) is 2.16. The van der Waals surface area contributed by atoms with Gasteiger partial charge in [-0.15, -0.1) is 0 Å². The van der Waals surface area contributed by atoms with Crippen molar-refractivity contribution in [3.05, 3.63) is 508 Å². The number of nitrogens with zero attached hydrogens (tertiary/aromatic N) is 4. The van der Waals surface area contributed by atoms with Crippen LogP contribution in [0.2, 0.25) is 0 Å². The molecule has 4 heterocycles. The minimum Gasteiger partial charge on any atom is -0.356 e. The zero-order chi connectivity index (χ0) is 90.4. The summed E-state index contributed by atoms with van der Waals surface area (Å²) in [6.07, 6.45) is -4.41. The van der Waals surface area contributed by atoms with Crippen molar-refractivity contribution < 1.29 is 17.6 Å². The van der Waals surface area contributed by atoms with Crippen LogP contribution in [0.5, 0.6) is 0 Å². The van der Waals surface area contributed by atoms with Gasteiger partial charge in [-0.05, 0) is 289 Å². The normalized spacial score (nSPS) is 11.3. The standard InChI is InChI=1S/C31H21F3N2.C31H24N2.C30H21FN2.C30H22N2/c32-31(33,34)23-14-18-30-28(20-23)27-19-22(13-17-29(27)36(30)26-9-5-2-6-10-26)21-11-15-25(16-12-21)35-24-7-3-1-4-8-24;1-22-12-18-30-28(20-22)29-21-24(15-19-31(29)33(30)27-10-6-3-7-11-27)23-13-16-26(17-14-23)32-25-8-4-2-5-9-25;31-23-14-18-30-28(20-23)27-19-22(13-17-29(27)33(30)26-9-5-2-6-10-26)21-11-15-25(16-12-21)32-24-7-3-1-4-8-24;1-3-11-23(12-4-1)31-28-17-9-7-15-25(28)22-19-20-30-27(21-22)26-16-8-10-18-29(26)32(30)24-13-5-2-6-14-24/h1-20,35H;2-21,32H,1H3;1-20,32H;1-21,31H. The molecule has 0 radical (unpaired) electrons. The number of hydrogen-bond donors (Lipinski definition) is 4. The highest BCUT2D eigenvalue weighted by molar-refractivity contribution is 6.14. The van der Waals surface area contributed by atoms with Crippen molar-refractivity contribution >= 4 is 133 Å². The minimum absolute atomic E-state index is 0.226. The SMILES string of the molecule is Cc1ccc2c(c1)c1cc(-c3ccc(Nc4ccccc4)cc3)ccc1n2-c1ccccc1.FC(F)(F)c1ccc2c(c1)c1cc(-c3ccc(Nc4ccccc4)cc3)ccc1n2-c1ccccc1.Fc1ccc2c(c1)c1cc(-c3ccc(Nc4ccccc4)cc3)ccc1n2-c1ccccc1.c1ccc(Nc2ccccc2-c2ccc3c(c2)c2ccccc2n3-c2ccccc2)cc1. The zero-order valence-corrected chi connectivity index (χ0v) is 73.1. The highest BCUT2D eigenvalue weighted by Gasteiger charge is 2.32. The third-order valence-corrected chi connectivity index (χ3v) is 24.6. The Hall–Kier alpha value is -17.5. The highest BCUT2D eigenvalue weighted by atomic mass is 19.4. The van der Waals surface area contributed by atoms with Crippen molar-refractivity contribution in [2.75, 3.05) is 21.3 Å². The van der Waals surface area contributed by atoms with E-state index in [4.69, 9.17) is 0 Å². The largest absolute Gasteiger partial charge is 0.416 e. The van der Waals surface area contributed by atoms with Crippen LogP contribution in [0.4, 0.5) is 63.1 Å². The molecule has 4 N–H and O–H groups in total. The first-order valence-electron chi connectivity index (χ1n) is 44.8. The fourth-order valence-electron chi connectivity index (χ4n) is 18.3. The predicted molar refractivity (Wildman–Crippen MR) is 553 cm³/mol. The van der Waals surface area contributed by atoms with Crippen LogP contribution < -0.4 is 21.3 Å². The molecule has 0 bridgehead atoms. The number of rotatable bonds is 16. The summed E-state index contributed by atoms with van der Waals surface area (Å²) >= 11 is 0. The number of alkyl halides is 3. The number of aromatic nitrogens is 4. The van der Waals surface area contributed by atoms with E-state index in [0.717, 1.165) is 123 Å². The average molecular weight is 1740 g/mol. The van der Waals surface area contributed by atoms with Crippen molar-refractivity contribution in [1.82, 2.24) is 18.3 Å². The van der Waals surface area contributed by atoms with Crippen LogP contribution in [0.15, 0.2) is 491 Å². The third-order valence-electron chi connectivity index (χ3n) is 24.6. The summed E-state index contributed by atoms with van der Waals surface area (Å²) < 4.78 is 63.8. The second-order valence-electron chi connectivity index (χ2n) is 33.3. The molecule has 4 aromatic heterocycles. The van der Waals surface area contributed by atoms with Gasteiger partial charge in [0.1, 0.15) is 5.82 Å². The van der Waals surface area contributed by atoms with E-state index in [2.05, 4.69) is 321 Å². The van der Waals surface area contributed by atoms with E-state index >= 15 is 0 Å². The molecule has 24 rings (SSSR count). The maximum Gasteiger partial charge on any atom is 0.416 e. The van der Waals surface area contributed by atoms with Crippen molar-refractivity contribution in [2.24, 2.45) is 0 Å². The summed E-state index contributed by atoms with van der Waals surface area (Å²) in [7, 11) is 0. The lowest BCUT2D eigenvalue weighted by Crippen LogP contribution is -2.04. The van der Waals surface area contributed by atoms with Crippen LogP contribution in [-0.4, -0.2) is 18.3 Å². The van der Waals surface area contributed by atoms with Crippen molar-refractivity contribution in [3.8, 4) is 67.3 Å². The van der Waals surface area contributed by atoms with Gasteiger partial charge in [0, 0.05) is 117 Å². The molecule has 0 aliphatic rings. The Balaban J connectivity index is 0.000000107. The molecule has 8 nitrogen and oxygen atoms in total. The number of para-hydroxylation sites is 10. The van der Waals surface area contributed by atoms with Crippen LogP contribution in [0.1, 0.15) is 11.1 Å². The van der Waals surface area contributed by atoms with E-state index in [-0.39, 0.29) is 5.82 Å². The Kier molecular flexibility index (Phi) is 23.0. The molecule has 644 valence electrons. The first kappa shape index (κ1) is 83.4. The molecule has 0 saturated carbocycles. The number of hydrogen-bond acceptors (Lipinski definition) is 4. The van der Waals surface area contributed by atoms with E-state index in [1.54, 1.807) is 12.1 Å². The molecule has 134 heavy (non-hydrogen) atoms. The lowest BCUT2D eigenvalue weighted by molar-refractivity contribution is -0.137. The van der Waals surface area contributed by atoms with Crippen molar-refractivity contribution in [1.29, 1.82) is 0 Å². The number of nitrogens with one attached hydrogen (secondary N) is 4. The second kappa shape index (κ2) is 36.9. The number of benzene rings is 20. The van der Waals surface area contributed by atoms with Crippen molar-refractivity contribution in [3.63, 3.8) is 0 Å². The molecular formula is C122H88F4N8. The summed E-state index contributed by atoms with van der Waals surface area (Å²) in [4.78, 5) is 0. The van der Waals surface area contributed by atoms with Gasteiger partial charge in [0.2, 0.25) is 0 Å². The fraction of sp³-hybridized carbons (Fsp3) is 0.0164. The van der Waals surface area contributed by atoms with E-state index in [1.165, 1.54) is 94.9 Å². The Morgan fingerprint density at radius 3 is 0.843 bits per heavy atom. The average Bonchev–Trinajstić information content (AvgIpc) is 1.60.